The van der Waals surface area contributed by atoms with E-state index in [1.54, 1.807) is 0 Å². The molecular formula is C22H29NO2. The molecule has 3 nitrogen and oxygen atoms in total. The Morgan fingerprint density at radius 1 is 1.08 bits per heavy atom. The van der Waals surface area contributed by atoms with Crippen molar-refractivity contribution in [2.75, 3.05) is 6.54 Å². The Balaban J connectivity index is 2.17. The predicted molar refractivity (Wildman–Crippen MR) is 103 cm³/mol. The van der Waals surface area contributed by atoms with Gasteiger partial charge < -0.3 is 9.64 Å². The minimum Gasteiger partial charge on any atom is -0.481 e. The second kappa shape index (κ2) is 8.70. The summed E-state index contributed by atoms with van der Waals surface area (Å²) in [5.41, 5.74) is 3.41. The molecule has 0 heterocycles. The summed E-state index contributed by atoms with van der Waals surface area (Å²) in [7, 11) is 0. The fraction of sp³-hybridized carbons (Fsp3) is 0.409. The van der Waals surface area contributed by atoms with Crippen LogP contribution >= 0.6 is 0 Å². The number of rotatable bonds is 7. The molecule has 0 saturated heterocycles. The fourth-order valence-electron chi connectivity index (χ4n) is 3.25. The van der Waals surface area contributed by atoms with Crippen LogP contribution in [0.3, 0.4) is 0 Å². The van der Waals surface area contributed by atoms with E-state index >= 15 is 0 Å². The Morgan fingerprint density at radius 3 is 2.32 bits per heavy atom. The van der Waals surface area contributed by atoms with Gasteiger partial charge in [0.05, 0.1) is 6.04 Å². The molecule has 2 aromatic carbocycles. The van der Waals surface area contributed by atoms with Gasteiger partial charge in [-0.2, -0.15) is 0 Å². The molecule has 0 aliphatic heterocycles. The molecule has 0 spiro atoms. The molecule has 0 radical (unpaired) electrons. The van der Waals surface area contributed by atoms with Crippen molar-refractivity contribution in [3.8, 4) is 5.75 Å². The Bertz CT molecular complexity index is 696. The number of aryl methyl sites for hydroxylation is 2. The maximum Gasteiger partial charge on any atom is 0.263 e. The highest BCUT2D eigenvalue weighted by Gasteiger charge is 2.27. The first-order valence-electron chi connectivity index (χ1n) is 9.07. The van der Waals surface area contributed by atoms with Gasteiger partial charge in [0.1, 0.15) is 5.75 Å². The van der Waals surface area contributed by atoms with Gasteiger partial charge >= 0.3 is 0 Å². The first-order valence-corrected chi connectivity index (χ1v) is 9.07. The van der Waals surface area contributed by atoms with E-state index in [1.807, 2.05) is 56.0 Å². The van der Waals surface area contributed by atoms with Gasteiger partial charge in [0.25, 0.3) is 5.91 Å². The minimum atomic E-state index is -0.515. The molecule has 0 bridgehead atoms. The van der Waals surface area contributed by atoms with Gasteiger partial charge in [-0.05, 0) is 51.3 Å². The van der Waals surface area contributed by atoms with Gasteiger partial charge in [-0.3, -0.25) is 4.79 Å². The first kappa shape index (κ1) is 19.0. The van der Waals surface area contributed by atoms with E-state index in [-0.39, 0.29) is 11.9 Å². The van der Waals surface area contributed by atoms with Gasteiger partial charge in [0.2, 0.25) is 0 Å². The van der Waals surface area contributed by atoms with E-state index in [0.29, 0.717) is 6.54 Å². The van der Waals surface area contributed by atoms with Gasteiger partial charge in [-0.15, -0.1) is 0 Å². The van der Waals surface area contributed by atoms with Crippen LogP contribution in [-0.4, -0.2) is 23.5 Å². The van der Waals surface area contributed by atoms with Crippen molar-refractivity contribution < 1.29 is 9.53 Å². The molecule has 25 heavy (non-hydrogen) atoms. The van der Waals surface area contributed by atoms with E-state index in [4.69, 9.17) is 4.74 Å². The molecular weight excluding hydrogens is 310 g/mol. The smallest absolute Gasteiger partial charge is 0.263 e. The van der Waals surface area contributed by atoms with E-state index in [0.717, 1.165) is 17.7 Å². The number of amides is 1. The van der Waals surface area contributed by atoms with E-state index in [9.17, 15) is 4.79 Å². The number of ether oxygens (including phenoxy) is 1. The molecule has 134 valence electrons. The quantitative estimate of drug-likeness (QED) is 0.705. The Hall–Kier alpha value is -2.29. The molecule has 0 N–H and O–H groups in total. The summed E-state index contributed by atoms with van der Waals surface area (Å²) in [5, 5.41) is 0. The standard InChI is InChI=1S/C22H29NO2/c1-6-20(19-11-9-8-10-12-19)23(7-2)22(24)18(5)25-21-14-13-16(3)15-17(21)4/h8-15,18,20H,6-7H2,1-5H3. The van der Waals surface area contributed by atoms with Gasteiger partial charge in [-0.25, -0.2) is 0 Å². The van der Waals surface area contributed by atoms with Gasteiger partial charge in [0.15, 0.2) is 6.10 Å². The van der Waals surface area contributed by atoms with E-state index in [2.05, 4.69) is 32.0 Å². The third kappa shape index (κ3) is 4.62. The van der Waals surface area contributed by atoms with Crippen molar-refractivity contribution >= 4 is 5.91 Å². The van der Waals surface area contributed by atoms with Gasteiger partial charge in [-0.1, -0.05) is 55.0 Å². The Labute approximate surface area is 151 Å². The van der Waals surface area contributed by atoms with Crippen LogP contribution in [0.15, 0.2) is 48.5 Å². The van der Waals surface area contributed by atoms with Crippen molar-refractivity contribution in [1.29, 1.82) is 0 Å². The monoisotopic (exact) mass is 339 g/mol. The van der Waals surface area contributed by atoms with Crippen LogP contribution in [-0.2, 0) is 4.79 Å². The van der Waals surface area contributed by atoms with E-state index < -0.39 is 6.10 Å². The summed E-state index contributed by atoms with van der Waals surface area (Å²) in [4.78, 5) is 15.0. The molecule has 3 heteroatoms. The summed E-state index contributed by atoms with van der Waals surface area (Å²) in [6.45, 7) is 10.7. The maximum atomic E-state index is 13.0. The highest BCUT2D eigenvalue weighted by atomic mass is 16.5. The average Bonchev–Trinajstić information content (AvgIpc) is 2.62. The summed E-state index contributed by atoms with van der Waals surface area (Å²) < 4.78 is 5.98. The molecule has 0 fully saturated rings. The predicted octanol–water partition coefficient (Wildman–Crippen LogP) is 5.07. The molecule has 0 saturated carbocycles. The number of hydrogen-bond donors (Lipinski definition) is 0. The number of carbonyl (C=O) groups excluding carboxylic acids is 1. The highest BCUT2D eigenvalue weighted by molar-refractivity contribution is 5.81. The highest BCUT2D eigenvalue weighted by Crippen LogP contribution is 2.26. The third-order valence-corrected chi connectivity index (χ3v) is 4.55. The molecule has 2 unspecified atom stereocenters. The van der Waals surface area contributed by atoms with Gasteiger partial charge in [0, 0.05) is 6.54 Å². The lowest BCUT2D eigenvalue weighted by Gasteiger charge is -2.32. The zero-order valence-corrected chi connectivity index (χ0v) is 16.0. The molecule has 0 aromatic heterocycles. The number of benzene rings is 2. The molecule has 2 atom stereocenters. The molecule has 0 aliphatic rings. The number of nitrogens with zero attached hydrogens (tertiary/aromatic N) is 1. The van der Waals surface area contributed by atoms with Crippen LogP contribution in [0.2, 0.25) is 0 Å². The lowest BCUT2D eigenvalue weighted by Crippen LogP contribution is -2.42. The summed E-state index contributed by atoms with van der Waals surface area (Å²) in [6.07, 6.45) is 0.360. The lowest BCUT2D eigenvalue weighted by molar-refractivity contribution is -0.140. The Kier molecular flexibility index (Phi) is 6.63. The minimum absolute atomic E-state index is 0.0261. The molecule has 2 rings (SSSR count). The summed E-state index contributed by atoms with van der Waals surface area (Å²) in [5.74, 6) is 0.799. The van der Waals surface area contributed by atoms with Crippen molar-refractivity contribution in [1.82, 2.24) is 4.90 Å². The van der Waals surface area contributed by atoms with Crippen LogP contribution in [0, 0.1) is 13.8 Å². The lowest BCUT2D eigenvalue weighted by atomic mass is 10.0. The van der Waals surface area contributed by atoms with E-state index in [1.165, 1.54) is 11.1 Å². The van der Waals surface area contributed by atoms with Crippen molar-refractivity contribution in [2.24, 2.45) is 0 Å². The van der Waals surface area contributed by atoms with Crippen LogP contribution in [0.25, 0.3) is 0 Å². The second-order valence-electron chi connectivity index (χ2n) is 6.49. The molecule has 2 aromatic rings. The summed E-state index contributed by atoms with van der Waals surface area (Å²) in [6, 6.07) is 16.3. The normalized spacial score (nSPS) is 13.2. The van der Waals surface area contributed by atoms with Crippen LogP contribution in [0.4, 0.5) is 0 Å². The van der Waals surface area contributed by atoms with Crippen molar-refractivity contribution in [3.63, 3.8) is 0 Å². The van der Waals surface area contributed by atoms with Crippen molar-refractivity contribution in [3.05, 3.63) is 65.2 Å². The SMILES string of the molecule is CCC(c1ccccc1)N(CC)C(=O)C(C)Oc1ccc(C)cc1C. The largest absolute Gasteiger partial charge is 0.481 e. The summed E-state index contributed by atoms with van der Waals surface area (Å²) >= 11 is 0. The first-order chi connectivity index (χ1) is 12.0. The third-order valence-electron chi connectivity index (χ3n) is 4.55. The second-order valence-corrected chi connectivity index (χ2v) is 6.49. The average molecular weight is 339 g/mol. The van der Waals surface area contributed by atoms with Crippen molar-refractivity contribution in [2.45, 2.75) is 53.2 Å². The van der Waals surface area contributed by atoms with Crippen LogP contribution < -0.4 is 4.74 Å². The van der Waals surface area contributed by atoms with Crippen LogP contribution in [0.5, 0.6) is 5.75 Å². The molecule has 1 amide bonds. The topological polar surface area (TPSA) is 29.5 Å². The zero-order chi connectivity index (χ0) is 18.4. The fourth-order valence-corrected chi connectivity index (χ4v) is 3.25. The zero-order valence-electron chi connectivity index (χ0n) is 16.0. The maximum absolute atomic E-state index is 13.0. The van der Waals surface area contributed by atoms with Crippen LogP contribution in [0.1, 0.15) is 49.9 Å². The number of hydrogen-bond acceptors (Lipinski definition) is 2. The number of carbonyl (C=O) groups is 1. The number of likely N-dealkylation sites (N-methyl/N-ethyl adjacent to an activating group) is 1. The molecule has 0 aliphatic carbocycles. The Morgan fingerprint density at radius 2 is 1.76 bits per heavy atom.